The number of aromatic nitrogens is 2. The van der Waals surface area contributed by atoms with Crippen LogP contribution in [-0.2, 0) is 0 Å². The van der Waals surface area contributed by atoms with Crippen LogP contribution in [0.3, 0.4) is 0 Å². The Kier molecular flexibility index (Phi) is 5.20. The molecule has 1 aromatic heterocycles. The number of nitrogens with one attached hydrogen (secondary N) is 2. The van der Waals surface area contributed by atoms with Crippen molar-refractivity contribution in [2.75, 3.05) is 29.3 Å². The van der Waals surface area contributed by atoms with Crippen molar-refractivity contribution in [3.63, 3.8) is 0 Å². The Morgan fingerprint density at radius 3 is 2.87 bits per heavy atom. The summed E-state index contributed by atoms with van der Waals surface area (Å²) >= 11 is 1.84. The van der Waals surface area contributed by atoms with Gasteiger partial charge in [0.2, 0.25) is 0 Å². The van der Waals surface area contributed by atoms with Crippen LogP contribution in [0, 0.1) is 5.92 Å². The van der Waals surface area contributed by atoms with Gasteiger partial charge in [0.25, 0.3) is 0 Å². The topological polar surface area (TPSA) is 75.9 Å². The maximum atomic E-state index is 5.24. The van der Waals surface area contributed by atoms with E-state index in [9.17, 15) is 0 Å². The van der Waals surface area contributed by atoms with Crippen molar-refractivity contribution in [1.29, 1.82) is 0 Å². The third kappa shape index (κ3) is 4.35. The summed E-state index contributed by atoms with van der Waals surface area (Å²) in [5.74, 6) is 8.30. The smallest absolute Gasteiger partial charge is 0.160 e. The Labute approximate surface area is 94.2 Å². The molecule has 1 rings (SSSR count). The SMILES string of the molecule is CSCC(C)CNc1cncc(NN)n1. The quantitative estimate of drug-likeness (QED) is 0.500. The first kappa shape index (κ1) is 12.1. The fourth-order valence-electron chi connectivity index (χ4n) is 1.14. The maximum Gasteiger partial charge on any atom is 0.160 e. The minimum Gasteiger partial charge on any atom is -0.368 e. The molecule has 0 spiro atoms. The molecule has 4 N–H and O–H groups in total. The molecule has 0 aromatic carbocycles. The Morgan fingerprint density at radius 1 is 1.47 bits per heavy atom. The number of hydrogen-bond acceptors (Lipinski definition) is 6. The number of anilines is 2. The molecule has 15 heavy (non-hydrogen) atoms. The van der Waals surface area contributed by atoms with Crippen molar-refractivity contribution in [3.05, 3.63) is 12.4 Å². The standard InChI is InChI=1S/C9H17N5S/c1-7(6-15-2)3-12-8-4-11-5-9(13-8)14-10/h4-5,7H,3,6,10H2,1-2H3,(H2,12,13,14). The van der Waals surface area contributed by atoms with E-state index in [1.807, 2.05) is 11.8 Å². The molecule has 0 amide bonds. The largest absolute Gasteiger partial charge is 0.368 e. The van der Waals surface area contributed by atoms with Crippen LogP contribution in [-0.4, -0.2) is 28.5 Å². The van der Waals surface area contributed by atoms with Gasteiger partial charge in [-0.3, -0.25) is 4.98 Å². The van der Waals surface area contributed by atoms with Gasteiger partial charge >= 0.3 is 0 Å². The van der Waals surface area contributed by atoms with Crippen molar-refractivity contribution in [2.24, 2.45) is 11.8 Å². The van der Waals surface area contributed by atoms with Gasteiger partial charge in [-0.25, -0.2) is 10.8 Å². The van der Waals surface area contributed by atoms with Gasteiger partial charge < -0.3 is 10.7 Å². The minimum atomic E-state index is 0.567. The van der Waals surface area contributed by atoms with Gasteiger partial charge in [0, 0.05) is 6.54 Å². The molecule has 84 valence electrons. The highest BCUT2D eigenvalue weighted by molar-refractivity contribution is 7.98. The molecule has 0 saturated carbocycles. The number of hydrogen-bond donors (Lipinski definition) is 3. The summed E-state index contributed by atoms with van der Waals surface area (Å²) in [6.07, 6.45) is 5.37. The molecule has 1 atom stereocenters. The number of nitrogens with two attached hydrogens (primary N) is 1. The van der Waals surface area contributed by atoms with Gasteiger partial charge in [-0.05, 0) is 17.9 Å². The molecule has 0 aliphatic rings. The predicted molar refractivity (Wildman–Crippen MR) is 65.9 cm³/mol. The van der Waals surface area contributed by atoms with E-state index in [4.69, 9.17) is 5.84 Å². The van der Waals surface area contributed by atoms with Crippen LogP contribution in [0.5, 0.6) is 0 Å². The second-order valence-electron chi connectivity index (χ2n) is 3.38. The van der Waals surface area contributed by atoms with Crippen LogP contribution >= 0.6 is 11.8 Å². The third-order valence-corrected chi connectivity index (χ3v) is 2.77. The zero-order valence-electron chi connectivity index (χ0n) is 9.03. The highest BCUT2D eigenvalue weighted by Gasteiger charge is 2.02. The summed E-state index contributed by atoms with van der Waals surface area (Å²) in [7, 11) is 0. The van der Waals surface area contributed by atoms with Crippen molar-refractivity contribution >= 4 is 23.4 Å². The highest BCUT2D eigenvalue weighted by Crippen LogP contribution is 2.08. The lowest BCUT2D eigenvalue weighted by molar-refractivity contribution is 0.699. The molecule has 0 aliphatic carbocycles. The number of nitrogens with zero attached hydrogens (tertiary/aromatic N) is 2. The average Bonchev–Trinajstić information content (AvgIpc) is 2.27. The van der Waals surface area contributed by atoms with E-state index >= 15 is 0 Å². The number of nitrogen functional groups attached to an aromatic ring is 1. The van der Waals surface area contributed by atoms with Crippen LogP contribution in [0.25, 0.3) is 0 Å². The van der Waals surface area contributed by atoms with E-state index in [1.165, 1.54) is 0 Å². The van der Waals surface area contributed by atoms with E-state index in [-0.39, 0.29) is 0 Å². The van der Waals surface area contributed by atoms with Gasteiger partial charge in [-0.2, -0.15) is 11.8 Å². The fraction of sp³-hybridized carbons (Fsp3) is 0.556. The predicted octanol–water partition coefficient (Wildman–Crippen LogP) is 1.17. The molecular weight excluding hydrogens is 210 g/mol. The zero-order chi connectivity index (χ0) is 11.1. The Hall–Kier alpha value is -1.01. The third-order valence-electron chi connectivity index (χ3n) is 1.87. The van der Waals surface area contributed by atoms with E-state index in [0.29, 0.717) is 11.7 Å². The molecule has 0 saturated heterocycles. The lowest BCUT2D eigenvalue weighted by Gasteiger charge is -2.11. The van der Waals surface area contributed by atoms with Crippen LogP contribution in [0.4, 0.5) is 11.6 Å². The van der Waals surface area contributed by atoms with Gasteiger partial charge in [0.05, 0.1) is 12.4 Å². The number of hydrazine groups is 1. The molecule has 0 fully saturated rings. The molecule has 5 nitrogen and oxygen atoms in total. The normalized spacial score (nSPS) is 12.2. The van der Waals surface area contributed by atoms with E-state index in [1.54, 1.807) is 12.4 Å². The Morgan fingerprint density at radius 2 is 2.20 bits per heavy atom. The molecule has 6 heteroatoms. The second-order valence-corrected chi connectivity index (χ2v) is 4.29. The number of thioether (sulfide) groups is 1. The van der Waals surface area contributed by atoms with E-state index < -0.39 is 0 Å². The monoisotopic (exact) mass is 227 g/mol. The molecule has 1 unspecified atom stereocenters. The zero-order valence-corrected chi connectivity index (χ0v) is 9.84. The number of rotatable bonds is 6. The molecule has 0 aliphatic heterocycles. The first-order valence-electron chi connectivity index (χ1n) is 4.77. The summed E-state index contributed by atoms with van der Waals surface area (Å²) < 4.78 is 0. The van der Waals surface area contributed by atoms with Gasteiger partial charge in [0.15, 0.2) is 5.82 Å². The van der Waals surface area contributed by atoms with Crippen LogP contribution in [0.2, 0.25) is 0 Å². The Bertz CT molecular complexity index is 294. The maximum absolute atomic E-state index is 5.24. The van der Waals surface area contributed by atoms with E-state index in [0.717, 1.165) is 18.1 Å². The minimum absolute atomic E-state index is 0.567. The molecular formula is C9H17N5S. The lowest BCUT2D eigenvalue weighted by atomic mass is 10.2. The fourth-order valence-corrected chi connectivity index (χ4v) is 1.83. The lowest BCUT2D eigenvalue weighted by Crippen LogP contribution is -2.15. The second kappa shape index (κ2) is 6.47. The summed E-state index contributed by atoms with van der Waals surface area (Å²) in [6.45, 7) is 3.09. The molecule has 1 aromatic rings. The molecule has 0 bridgehead atoms. The van der Waals surface area contributed by atoms with Crippen molar-refractivity contribution in [1.82, 2.24) is 9.97 Å². The summed E-state index contributed by atoms with van der Waals surface area (Å²) in [5.41, 5.74) is 2.46. The van der Waals surface area contributed by atoms with Crippen LogP contribution < -0.4 is 16.6 Å². The summed E-state index contributed by atoms with van der Waals surface area (Å²) in [4.78, 5) is 8.21. The van der Waals surface area contributed by atoms with Crippen LogP contribution in [0.15, 0.2) is 12.4 Å². The van der Waals surface area contributed by atoms with Crippen molar-refractivity contribution in [2.45, 2.75) is 6.92 Å². The highest BCUT2D eigenvalue weighted by atomic mass is 32.2. The Balaban J connectivity index is 2.43. The first-order chi connectivity index (χ1) is 7.26. The van der Waals surface area contributed by atoms with Gasteiger partial charge in [0.1, 0.15) is 5.82 Å². The van der Waals surface area contributed by atoms with E-state index in [2.05, 4.69) is 33.9 Å². The van der Waals surface area contributed by atoms with Gasteiger partial charge in [-0.1, -0.05) is 6.92 Å². The molecule has 0 radical (unpaired) electrons. The summed E-state index contributed by atoms with van der Waals surface area (Å²) in [6, 6.07) is 0. The first-order valence-corrected chi connectivity index (χ1v) is 6.17. The van der Waals surface area contributed by atoms with Crippen molar-refractivity contribution < 1.29 is 0 Å². The summed E-state index contributed by atoms with van der Waals surface area (Å²) in [5, 5.41) is 3.22. The molecule has 1 heterocycles. The van der Waals surface area contributed by atoms with Gasteiger partial charge in [-0.15, -0.1) is 0 Å². The van der Waals surface area contributed by atoms with Crippen LogP contribution in [0.1, 0.15) is 6.92 Å². The van der Waals surface area contributed by atoms with Crippen molar-refractivity contribution in [3.8, 4) is 0 Å². The average molecular weight is 227 g/mol.